The molecule has 0 aliphatic carbocycles. The lowest BCUT2D eigenvalue weighted by Crippen LogP contribution is -2.38. The van der Waals surface area contributed by atoms with Crippen molar-refractivity contribution in [3.63, 3.8) is 0 Å². The van der Waals surface area contributed by atoms with Gasteiger partial charge in [0.05, 0.1) is 11.3 Å². The van der Waals surface area contributed by atoms with Crippen LogP contribution >= 0.6 is 0 Å². The van der Waals surface area contributed by atoms with Crippen LogP contribution in [0.5, 0.6) is 0 Å². The molecular formula is C15H24N3O3+. The number of likely N-dealkylation sites (tertiary alicyclic amines) is 1. The number of oxime groups is 1. The second kappa shape index (κ2) is 7.95. The van der Waals surface area contributed by atoms with Crippen molar-refractivity contribution in [3.8, 4) is 0 Å². The van der Waals surface area contributed by atoms with Crippen LogP contribution in [0.25, 0.3) is 0 Å². The molecule has 0 bridgehead atoms. The van der Waals surface area contributed by atoms with Gasteiger partial charge in [-0.15, -0.1) is 0 Å². The average Bonchev–Trinajstić information content (AvgIpc) is 2.48. The summed E-state index contributed by atoms with van der Waals surface area (Å²) in [6.07, 6.45) is 6.25. The van der Waals surface area contributed by atoms with Crippen molar-refractivity contribution < 1.29 is 19.9 Å². The number of aliphatic hydroxyl groups is 1. The molecule has 1 aromatic rings. The summed E-state index contributed by atoms with van der Waals surface area (Å²) in [6, 6.07) is 3.55. The summed E-state index contributed by atoms with van der Waals surface area (Å²) < 4.78 is 0.972. The van der Waals surface area contributed by atoms with Gasteiger partial charge < -0.3 is 14.8 Å². The molecule has 0 radical (unpaired) electrons. The Kier molecular flexibility index (Phi) is 5.95. The minimum absolute atomic E-state index is 0.180. The number of pyridine rings is 1. The summed E-state index contributed by atoms with van der Waals surface area (Å²) >= 11 is 0. The zero-order valence-electron chi connectivity index (χ0n) is 12.5. The van der Waals surface area contributed by atoms with Gasteiger partial charge in [-0.25, -0.2) is 0 Å². The molecule has 0 amide bonds. The monoisotopic (exact) mass is 294 g/mol. The van der Waals surface area contributed by atoms with Crippen molar-refractivity contribution >= 4 is 5.71 Å². The Morgan fingerprint density at radius 3 is 2.90 bits per heavy atom. The fourth-order valence-electron chi connectivity index (χ4n) is 2.44. The highest BCUT2D eigenvalue weighted by Gasteiger charge is 2.15. The largest absolute Gasteiger partial charge is 0.393 e. The molecule has 2 N–H and O–H groups in total. The van der Waals surface area contributed by atoms with Gasteiger partial charge in [0.25, 0.3) is 0 Å². The number of hydrogen-bond donors (Lipinski definition) is 2. The molecule has 116 valence electrons. The van der Waals surface area contributed by atoms with E-state index in [1.54, 1.807) is 19.2 Å². The van der Waals surface area contributed by atoms with Gasteiger partial charge in [-0.1, -0.05) is 11.6 Å². The second-order valence-electron chi connectivity index (χ2n) is 5.46. The van der Waals surface area contributed by atoms with Gasteiger partial charge in [-0.05, 0) is 38.9 Å². The Balaban J connectivity index is 1.75. The van der Waals surface area contributed by atoms with Crippen molar-refractivity contribution in [1.82, 2.24) is 4.90 Å². The van der Waals surface area contributed by atoms with Crippen molar-refractivity contribution in [2.45, 2.75) is 32.3 Å². The molecule has 21 heavy (non-hydrogen) atoms. The van der Waals surface area contributed by atoms with Gasteiger partial charge >= 0.3 is 0 Å². The summed E-state index contributed by atoms with van der Waals surface area (Å²) in [5, 5.41) is 23.3. The third-order valence-corrected chi connectivity index (χ3v) is 3.59. The zero-order chi connectivity index (χ0) is 15.1. The van der Waals surface area contributed by atoms with Crippen molar-refractivity contribution in [3.05, 3.63) is 30.1 Å². The first-order valence-corrected chi connectivity index (χ1v) is 7.43. The van der Waals surface area contributed by atoms with Crippen LogP contribution in [0.15, 0.2) is 29.7 Å². The summed E-state index contributed by atoms with van der Waals surface area (Å²) in [7, 11) is 0. The van der Waals surface area contributed by atoms with Gasteiger partial charge in [0.1, 0.15) is 12.7 Å². The Morgan fingerprint density at radius 1 is 1.43 bits per heavy atom. The first kappa shape index (κ1) is 15.7. The maximum atomic E-state index is 9.95. The van der Waals surface area contributed by atoms with E-state index in [-0.39, 0.29) is 6.61 Å². The van der Waals surface area contributed by atoms with Gasteiger partial charge in [0.15, 0.2) is 0 Å². The van der Waals surface area contributed by atoms with E-state index in [1.165, 1.54) is 25.5 Å². The fourth-order valence-corrected chi connectivity index (χ4v) is 2.44. The first-order chi connectivity index (χ1) is 10.1. The van der Waals surface area contributed by atoms with E-state index in [4.69, 9.17) is 4.84 Å². The van der Waals surface area contributed by atoms with E-state index < -0.39 is 6.10 Å². The van der Waals surface area contributed by atoms with Gasteiger partial charge in [0, 0.05) is 17.3 Å². The van der Waals surface area contributed by atoms with E-state index in [2.05, 4.69) is 10.1 Å². The predicted molar refractivity (Wildman–Crippen MR) is 78.3 cm³/mol. The quantitative estimate of drug-likeness (QED) is 0.352. The number of nitrogens with zero attached hydrogens (tertiary/aromatic N) is 3. The highest BCUT2D eigenvalue weighted by Crippen LogP contribution is 2.09. The number of aromatic nitrogens is 1. The molecule has 1 aliphatic rings. The molecule has 1 aromatic heterocycles. The second-order valence-corrected chi connectivity index (χ2v) is 5.46. The van der Waals surface area contributed by atoms with Crippen molar-refractivity contribution in [2.24, 2.45) is 5.16 Å². The SMILES string of the molecule is C/C(=N\OCC(O)CN1CCCCC1)c1ccc[n+](O)c1. The summed E-state index contributed by atoms with van der Waals surface area (Å²) in [5.74, 6) is 0. The number of piperidine rings is 1. The smallest absolute Gasteiger partial charge is 0.231 e. The maximum Gasteiger partial charge on any atom is 0.231 e. The van der Waals surface area contributed by atoms with Crippen LogP contribution in [0.4, 0.5) is 0 Å². The normalized spacial score (nSPS) is 18.5. The summed E-state index contributed by atoms with van der Waals surface area (Å²) in [5.41, 5.74) is 1.43. The molecule has 1 unspecified atom stereocenters. The maximum absolute atomic E-state index is 9.95. The van der Waals surface area contributed by atoms with E-state index in [1.807, 2.05) is 6.07 Å². The Hall–Kier alpha value is -1.66. The third-order valence-electron chi connectivity index (χ3n) is 3.59. The molecule has 1 saturated heterocycles. The molecule has 2 rings (SSSR count). The fraction of sp³-hybridized carbons (Fsp3) is 0.600. The van der Waals surface area contributed by atoms with Gasteiger partial charge in [-0.3, -0.25) is 5.21 Å². The molecule has 0 saturated carbocycles. The van der Waals surface area contributed by atoms with E-state index in [0.717, 1.165) is 23.4 Å². The molecular weight excluding hydrogens is 270 g/mol. The first-order valence-electron chi connectivity index (χ1n) is 7.43. The Morgan fingerprint density at radius 2 is 2.19 bits per heavy atom. The van der Waals surface area contributed by atoms with Crippen molar-refractivity contribution in [1.29, 1.82) is 0 Å². The number of aliphatic hydroxyl groups excluding tert-OH is 1. The van der Waals surface area contributed by atoms with Crippen LogP contribution in [-0.4, -0.2) is 53.3 Å². The van der Waals surface area contributed by atoms with Crippen LogP contribution in [-0.2, 0) is 4.84 Å². The number of rotatable bonds is 6. The topological polar surface area (TPSA) is 69.2 Å². The molecule has 1 aliphatic heterocycles. The van der Waals surface area contributed by atoms with E-state index in [9.17, 15) is 10.3 Å². The summed E-state index contributed by atoms with van der Waals surface area (Å²) in [4.78, 5) is 7.48. The van der Waals surface area contributed by atoms with Gasteiger partial charge in [0.2, 0.25) is 12.4 Å². The summed E-state index contributed by atoms with van der Waals surface area (Å²) in [6.45, 7) is 4.72. The zero-order valence-corrected chi connectivity index (χ0v) is 12.5. The lowest BCUT2D eigenvalue weighted by atomic mass is 10.1. The minimum Gasteiger partial charge on any atom is -0.393 e. The highest BCUT2D eigenvalue weighted by atomic mass is 16.6. The Labute approximate surface area is 125 Å². The highest BCUT2D eigenvalue weighted by molar-refractivity contribution is 5.97. The molecule has 1 fully saturated rings. The molecule has 1 atom stereocenters. The standard InChI is InChI=1S/C15H24N3O3/c1-13(14-6-5-9-18(20)10-14)16-21-12-15(19)11-17-7-3-2-4-8-17/h5-6,9-10,15,19-20H,2-4,7-8,11-12H2,1H3/q+1/b16-13+. The molecule has 0 aromatic carbocycles. The van der Waals surface area contributed by atoms with Crippen LogP contribution in [0, 0.1) is 0 Å². The number of β-amino-alcohol motifs (C(OH)–C–C–N with tert-alkyl or cyclic N) is 1. The predicted octanol–water partition coefficient (Wildman–Crippen LogP) is 0.799. The third kappa shape index (κ3) is 5.32. The lowest BCUT2D eigenvalue weighted by molar-refractivity contribution is -0.904. The molecule has 6 nitrogen and oxygen atoms in total. The van der Waals surface area contributed by atoms with Crippen LogP contribution in [0.1, 0.15) is 31.7 Å². The minimum atomic E-state index is -0.529. The van der Waals surface area contributed by atoms with Crippen molar-refractivity contribution in [2.75, 3.05) is 26.2 Å². The van der Waals surface area contributed by atoms with Gasteiger partial charge in [-0.2, -0.15) is 0 Å². The molecule has 2 heterocycles. The molecule has 6 heteroatoms. The molecule has 0 spiro atoms. The Bertz CT molecular complexity index is 473. The van der Waals surface area contributed by atoms with Crippen LogP contribution in [0.2, 0.25) is 0 Å². The lowest BCUT2D eigenvalue weighted by Gasteiger charge is -2.27. The van der Waals surface area contributed by atoms with E-state index >= 15 is 0 Å². The van der Waals surface area contributed by atoms with Crippen LogP contribution < -0.4 is 4.73 Å². The number of hydrogen-bond acceptors (Lipinski definition) is 5. The van der Waals surface area contributed by atoms with E-state index in [0.29, 0.717) is 12.3 Å². The van der Waals surface area contributed by atoms with Crippen LogP contribution in [0.3, 0.4) is 0 Å². The average molecular weight is 294 g/mol.